The summed E-state index contributed by atoms with van der Waals surface area (Å²) in [6.45, 7) is 2.01. The van der Waals surface area contributed by atoms with Crippen molar-refractivity contribution in [3.05, 3.63) is 29.8 Å². The van der Waals surface area contributed by atoms with Crippen LogP contribution in [0.15, 0.2) is 24.3 Å². The van der Waals surface area contributed by atoms with Crippen molar-refractivity contribution in [2.24, 2.45) is 5.73 Å². The number of nitrogens with zero attached hydrogens (tertiary/aromatic N) is 1. The van der Waals surface area contributed by atoms with Gasteiger partial charge in [-0.3, -0.25) is 9.59 Å². The van der Waals surface area contributed by atoms with E-state index in [2.05, 4.69) is 0 Å². The fraction of sp³-hybridized carbons (Fsp3) is 0.357. The van der Waals surface area contributed by atoms with Crippen LogP contribution in [0, 0.1) is 0 Å². The van der Waals surface area contributed by atoms with Gasteiger partial charge in [0.1, 0.15) is 0 Å². The largest absolute Gasteiger partial charge is 0.462 e. The topological polar surface area (TPSA) is 89.7 Å². The molecule has 1 aliphatic rings. The van der Waals surface area contributed by atoms with E-state index in [4.69, 9.17) is 10.5 Å². The molecule has 0 aromatic heterocycles. The first kappa shape index (κ1) is 14.2. The van der Waals surface area contributed by atoms with Crippen LogP contribution >= 0.6 is 0 Å². The van der Waals surface area contributed by atoms with Gasteiger partial charge < -0.3 is 10.5 Å². The van der Waals surface area contributed by atoms with Gasteiger partial charge in [0.2, 0.25) is 5.91 Å². The fourth-order valence-electron chi connectivity index (χ4n) is 2.04. The Morgan fingerprint density at radius 2 is 2.00 bits per heavy atom. The SMILES string of the molecule is CCOC(=O)c1ccc(N2C(=O)CC[C@H](N)C2=O)cc1. The number of nitrogens with two attached hydrogens (primary N) is 1. The summed E-state index contributed by atoms with van der Waals surface area (Å²) in [6.07, 6.45) is 0.613. The van der Waals surface area contributed by atoms with Gasteiger partial charge in [0.25, 0.3) is 5.91 Å². The molecule has 2 amide bonds. The molecular formula is C14H16N2O4. The predicted octanol–water partition coefficient (Wildman–Crippen LogP) is 0.844. The van der Waals surface area contributed by atoms with Crippen molar-refractivity contribution in [1.29, 1.82) is 0 Å². The Morgan fingerprint density at radius 3 is 2.60 bits per heavy atom. The molecule has 0 radical (unpaired) electrons. The third-order valence-corrected chi connectivity index (χ3v) is 3.09. The van der Waals surface area contributed by atoms with E-state index >= 15 is 0 Å². The number of piperidine rings is 1. The van der Waals surface area contributed by atoms with Gasteiger partial charge in [-0.1, -0.05) is 0 Å². The smallest absolute Gasteiger partial charge is 0.338 e. The van der Waals surface area contributed by atoms with Gasteiger partial charge in [-0.25, -0.2) is 9.69 Å². The Labute approximate surface area is 116 Å². The Morgan fingerprint density at radius 1 is 1.35 bits per heavy atom. The number of anilines is 1. The van der Waals surface area contributed by atoms with Crippen molar-refractivity contribution >= 4 is 23.5 Å². The van der Waals surface area contributed by atoms with E-state index in [9.17, 15) is 14.4 Å². The van der Waals surface area contributed by atoms with Crippen molar-refractivity contribution in [3.8, 4) is 0 Å². The molecule has 1 heterocycles. The molecule has 1 aliphatic heterocycles. The number of rotatable bonds is 3. The van der Waals surface area contributed by atoms with E-state index < -0.39 is 17.9 Å². The van der Waals surface area contributed by atoms with Gasteiger partial charge in [-0.2, -0.15) is 0 Å². The highest BCUT2D eigenvalue weighted by Crippen LogP contribution is 2.22. The molecular weight excluding hydrogens is 260 g/mol. The Hall–Kier alpha value is -2.21. The number of hydrogen-bond acceptors (Lipinski definition) is 5. The lowest BCUT2D eigenvalue weighted by Crippen LogP contribution is -2.51. The number of carbonyl (C=O) groups excluding carboxylic acids is 3. The number of ether oxygens (including phenoxy) is 1. The van der Waals surface area contributed by atoms with Crippen molar-refractivity contribution in [1.82, 2.24) is 0 Å². The first-order valence-corrected chi connectivity index (χ1v) is 6.44. The van der Waals surface area contributed by atoms with Gasteiger partial charge in [-0.15, -0.1) is 0 Å². The van der Waals surface area contributed by atoms with Gasteiger partial charge >= 0.3 is 5.97 Å². The summed E-state index contributed by atoms with van der Waals surface area (Å²) in [5.74, 6) is -1.13. The lowest BCUT2D eigenvalue weighted by molar-refractivity contribution is -0.130. The normalized spacial score (nSPS) is 19.1. The first-order chi connectivity index (χ1) is 9.54. The fourth-order valence-corrected chi connectivity index (χ4v) is 2.04. The maximum absolute atomic E-state index is 11.9. The highest BCUT2D eigenvalue weighted by atomic mass is 16.5. The summed E-state index contributed by atoms with van der Waals surface area (Å²) in [5.41, 5.74) is 6.46. The van der Waals surface area contributed by atoms with Crippen LogP contribution in [0.25, 0.3) is 0 Å². The molecule has 1 fully saturated rings. The zero-order valence-electron chi connectivity index (χ0n) is 11.2. The van der Waals surface area contributed by atoms with Gasteiger partial charge in [0.15, 0.2) is 0 Å². The number of imide groups is 1. The van der Waals surface area contributed by atoms with Gasteiger partial charge in [0.05, 0.1) is 23.9 Å². The summed E-state index contributed by atoms with van der Waals surface area (Å²) in [6, 6.07) is 5.47. The van der Waals surface area contributed by atoms with E-state index in [1.54, 1.807) is 19.1 Å². The van der Waals surface area contributed by atoms with Gasteiger partial charge in [-0.05, 0) is 37.6 Å². The zero-order valence-corrected chi connectivity index (χ0v) is 11.2. The van der Waals surface area contributed by atoms with Crippen LogP contribution < -0.4 is 10.6 Å². The molecule has 106 valence electrons. The maximum Gasteiger partial charge on any atom is 0.338 e. The van der Waals surface area contributed by atoms with Crippen molar-refractivity contribution < 1.29 is 19.1 Å². The summed E-state index contributed by atoms with van der Waals surface area (Å²) in [4.78, 5) is 36.4. The van der Waals surface area contributed by atoms with E-state index in [1.165, 1.54) is 12.1 Å². The second kappa shape index (κ2) is 5.83. The molecule has 1 saturated heterocycles. The molecule has 20 heavy (non-hydrogen) atoms. The number of carbonyl (C=O) groups is 3. The number of hydrogen-bond donors (Lipinski definition) is 1. The summed E-state index contributed by atoms with van der Waals surface area (Å²) < 4.78 is 4.87. The van der Waals surface area contributed by atoms with Crippen molar-refractivity contribution in [3.63, 3.8) is 0 Å². The third kappa shape index (κ3) is 2.70. The Kier molecular flexibility index (Phi) is 4.14. The van der Waals surface area contributed by atoms with Crippen LogP contribution in [0.3, 0.4) is 0 Å². The molecule has 1 aromatic carbocycles. The summed E-state index contributed by atoms with van der Waals surface area (Å²) in [5, 5.41) is 0. The molecule has 0 unspecified atom stereocenters. The molecule has 0 saturated carbocycles. The highest BCUT2D eigenvalue weighted by Gasteiger charge is 2.33. The number of benzene rings is 1. The quantitative estimate of drug-likeness (QED) is 0.652. The maximum atomic E-state index is 11.9. The second-order valence-electron chi connectivity index (χ2n) is 4.48. The molecule has 6 heteroatoms. The Bertz CT molecular complexity index is 539. The van der Waals surface area contributed by atoms with E-state index in [0.29, 0.717) is 24.3 Å². The molecule has 0 bridgehead atoms. The third-order valence-electron chi connectivity index (χ3n) is 3.09. The van der Waals surface area contributed by atoms with Crippen LogP contribution in [-0.4, -0.2) is 30.4 Å². The molecule has 0 spiro atoms. The van der Waals surface area contributed by atoms with Gasteiger partial charge in [0, 0.05) is 6.42 Å². The second-order valence-corrected chi connectivity index (χ2v) is 4.48. The standard InChI is InChI=1S/C14H16N2O4/c1-2-20-14(19)9-3-5-10(6-4-9)16-12(17)8-7-11(15)13(16)18/h3-6,11H,2,7-8,15H2,1H3/t11-/m0/s1. The average molecular weight is 276 g/mol. The molecule has 0 aliphatic carbocycles. The van der Waals surface area contributed by atoms with Crippen molar-refractivity contribution in [2.75, 3.05) is 11.5 Å². The summed E-state index contributed by atoms with van der Waals surface area (Å²) >= 11 is 0. The van der Waals surface area contributed by atoms with Crippen LogP contribution in [0.1, 0.15) is 30.1 Å². The van der Waals surface area contributed by atoms with Crippen molar-refractivity contribution in [2.45, 2.75) is 25.8 Å². The van der Waals surface area contributed by atoms with E-state index in [0.717, 1.165) is 4.90 Å². The Balaban J connectivity index is 2.22. The van der Waals surface area contributed by atoms with Crippen LogP contribution in [0.5, 0.6) is 0 Å². The lowest BCUT2D eigenvalue weighted by Gasteiger charge is -2.28. The molecule has 2 N–H and O–H groups in total. The van der Waals surface area contributed by atoms with E-state index in [1.807, 2.05) is 0 Å². The molecule has 1 atom stereocenters. The minimum atomic E-state index is -0.655. The average Bonchev–Trinajstić information content (AvgIpc) is 2.44. The van der Waals surface area contributed by atoms with Crippen LogP contribution in [-0.2, 0) is 14.3 Å². The molecule has 2 rings (SSSR count). The van der Waals surface area contributed by atoms with E-state index in [-0.39, 0.29) is 12.3 Å². The minimum absolute atomic E-state index is 0.243. The summed E-state index contributed by atoms with van der Waals surface area (Å²) in [7, 11) is 0. The minimum Gasteiger partial charge on any atom is -0.462 e. The zero-order chi connectivity index (χ0) is 14.7. The number of esters is 1. The monoisotopic (exact) mass is 276 g/mol. The molecule has 1 aromatic rings. The predicted molar refractivity (Wildman–Crippen MR) is 72.1 cm³/mol. The molecule has 6 nitrogen and oxygen atoms in total. The van der Waals surface area contributed by atoms with Crippen LogP contribution in [0.4, 0.5) is 5.69 Å². The number of amides is 2. The highest BCUT2D eigenvalue weighted by molar-refractivity contribution is 6.18. The lowest BCUT2D eigenvalue weighted by atomic mass is 10.0. The first-order valence-electron chi connectivity index (χ1n) is 6.44. The van der Waals surface area contributed by atoms with Crippen LogP contribution in [0.2, 0.25) is 0 Å².